The van der Waals surface area contributed by atoms with E-state index in [-0.39, 0.29) is 49.0 Å². The molecule has 4 saturated carbocycles. The molecule has 1 aromatic rings. The molecule has 0 saturated heterocycles. The molecule has 224 valence electrons. The van der Waals surface area contributed by atoms with Crippen LogP contribution in [0.1, 0.15) is 71.1 Å². The molecule has 4 bridgehead atoms. The quantitative estimate of drug-likeness (QED) is 0.288. The van der Waals surface area contributed by atoms with E-state index in [0.717, 1.165) is 22.8 Å². The summed E-state index contributed by atoms with van der Waals surface area (Å²) >= 11 is 2.18. The zero-order valence-electron chi connectivity index (χ0n) is 23.9. The first kappa shape index (κ1) is 30.5. The van der Waals surface area contributed by atoms with Crippen LogP contribution >= 0.6 is 22.6 Å². The predicted molar refractivity (Wildman–Crippen MR) is 163 cm³/mol. The highest BCUT2D eigenvalue weighted by molar-refractivity contribution is 14.1. The number of benzene rings is 1. The molecule has 0 aromatic heterocycles. The molecule has 0 heterocycles. The van der Waals surface area contributed by atoms with E-state index in [1.807, 2.05) is 29.2 Å². The summed E-state index contributed by atoms with van der Waals surface area (Å²) in [7, 11) is 0. The summed E-state index contributed by atoms with van der Waals surface area (Å²) in [5, 5.41) is 23.8. The Morgan fingerprint density at radius 1 is 1.07 bits per heavy atom. The second-order valence-electron chi connectivity index (χ2n) is 12.9. The Morgan fingerprint density at radius 2 is 1.73 bits per heavy atom. The Balaban J connectivity index is 1.45. The van der Waals surface area contributed by atoms with Crippen LogP contribution in [0.3, 0.4) is 0 Å². The van der Waals surface area contributed by atoms with Gasteiger partial charge in [0.15, 0.2) is 0 Å². The number of aliphatic hydroxyl groups excluding tert-OH is 2. The zero-order valence-corrected chi connectivity index (χ0v) is 26.1. The van der Waals surface area contributed by atoms with Gasteiger partial charge in [-0.25, -0.2) is 0 Å². The van der Waals surface area contributed by atoms with Gasteiger partial charge in [-0.1, -0.05) is 12.1 Å². The van der Waals surface area contributed by atoms with Crippen LogP contribution in [-0.4, -0.2) is 70.7 Å². The third kappa shape index (κ3) is 7.16. The third-order valence-electron chi connectivity index (χ3n) is 9.63. The molecule has 9 heteroatoms. The highest BCUT2D eigenvalue weighted by Gasteiger charge is 2.53. The normalized spacial score (nSPS) is 31.9. The number of amides is 2. The molecule has 0 aliphatic heterocycles. The highest BCUT2D eigenvalue weighted by Crippen LogP contribution is 2.60. The van der Waals surface area contributed by atoms with Crippen molar-refractivity contribution in [1.82, 2.24) is 10.2 Å². The molecule has 0 spiro atoms. The molecule has 0 radical (unpaired) electrons. The fraction of sp³-hybridized carbons (Fsp3) is 0.656. The maximum absolute atomic E-state index is 14.0. The van der Waals surface area contributed by atoms with Gasteiger partial charge in [0, 0.05) is 37.9 Å². The molecule has 3 atom stereocenters. The number of rotatable bonds is 12. The number of halogens is 1. The molecule has 8 nitrogen and oxygen atoms in total. The number of aliphatic hydroxyl groups is 2. The van der Waals surface area contributed by atoms with Crippen molar-refractivity contribution in [2.24, 2.45) is 23.2 Å². The minimum atomic E-state index is -1.04. The lowest BCUT2D eigenvalue weighted by Crippen LogP contribution is -2.59. The molecule has 2 amide bonds. The second kappa shape index (κ2) is 13.1. The van der Waals surface area contributed by atoms with E-state index >= 15 is 0 Å². The van der Waals surface area contributed by atoms with Gasteiger partial charge in [0.25, 0.3) is 0 Å². The van der Waals surface area contributed by atoms with Crippen molar-refractivity contribution in [3.05, 3.63) is 39.5 Å². The molecular weight excluding hydrogens is 635 g/mol. The van der Waals surface area contributed by atoms with Gasteiger partial charge in [-0.3, -0.25) is 9.59 Å². The zero-order chi connectivity index (χ0) is 29.1. The summed E-state index contributed by atoms with van der Waals surface area (Å²) in [5.41, 5.74) is 0.479. The van der Waals surface area contributed by atoms with Gasteiger partial charge in [0.2, 0.25) is 11.8 Å². The number of hydrogen-bond donors (Lipinski definition) is 3. The van der Waals surface area contributed by atoms with E-state index in [1.165, 1.54) is 26.2 Å². The van der Waals surface area contributed by atoms with Gasteiger partial charge in [0.05, 0.1) is 16.2 Å². The van der Waals surface area contributed by atoms with Crippen LogP contribution in [-0.2, 0) is 14.4 Å². The van der Waals surface area contributed by atoms with Gasteiger partial charge >= 0.3 is 0 Å². The number of nitrogens with zero attached hydrogens (tertiary/aromatic N) is 1. The first-order valence-electron chi connectivity index (χ1n) is 15.1. The number of carbonyl (C=O) groups excluding carboxylic acids is 3. The third-order valence-corrected chi connectivity index (χ3v) is 10.5. The van der Waals surface area contributed by atoms with Crippen molar-refractivity contribution in [3.8, 4) is 5.75 Å². The maximum Gasteiger partial charge on any atom is 0.247 e. The van der Waals surface area contributed by atoms with Crippen molar-refractivity contribution in [2.75, 3.05) is 19.7 Å². The number of Topliss-reactive ketones (excluding diaryl/α,β-unsaturated/α-hetero) is 1. The summed E-state index contributed by atoms with van der Waals surface area (Å²) in [4.78, 5) is 40.6. The largest absolute Gasteiger partial charge is 0.482 e. The van der Waals surface area contributed by atoms with E-state index in [2.05, 4.69) is 27.9 Å². The van der Waals surface area contributed by atoms with Gasteiger partial charge in [-0.2, -0.15) is 0 Å². The van der Waals surface area contributed by atoms with E-state index in [0.29, 0.717) is 48.5 Å². The standard InChI is InChI=1S/C32H43IN2O6/c1-20(37)5-4-8-29(38)35(19-32-16-21-11-22(17-32)13-23(12-21)18-32)26-14-24(31(40)34-9-10-36)15-28(30(26)39)41-27-7-3-2-6-25(27)33/h2-3,6-7,15,21-23,26,28,30,36,39H,4-5,8-14,16-19H2,1H3,(H,34,40)/t21?,22?,23?,26-,28+,30+,32?/m1/s1. The molecule has 6 rings (SSSR count). The molecule has 5 aliphatic rings. The number of ether oxygens (including phenoxy) is 1. The van der Waals surface area contributed by atoms with Gasteiger partial charge in [-0.05, 0) is 116 Å². The molecule has 0 unspecified atom stereocenters. The van der Waals surface area contributed by atoms with Crippen molar-refractivity contribution in [3.63, 3.8) is 0 Å². The Hall–Kier alpha value is -1.98. The van der Waals surface area contributed by atoms with E-state index in [4.69, 9.17) is 4.74 Å². The lowest BCUT2D eigenvalue weighted by molar-refractivity contribution is -0.147. The predicted octanol–water partition coefficient (Wildman–Crippen LogP) is 4.01. The monoisotopic (exact) mass is 678 g/mol. The fourth-order valence-corrected chi connectivity index (χ4v) is 8.85. The highest BCUT2D eigenvalue weighted by atomic mass is 127. The number of hydrogen-bond acceptors (Lipinski definition) is 6. The maximum atomic E-state index is 14.0. The summed E-state index contributed by atoms with van der Waals surface area (Å²) in [6, 6.07) is 6.88. The van der Waals surface area contributed by atoms with E-state index in [1.54, 1.807) is 6.08 Å². The number of ketones is 1. The van der Waals surface area contributed by atoms with Crippen LogP contribution in [0.4, 0.5) is 0 Å². The first-order chi connectivity index (χ1) is 19.7. The Bertz CT molecular complexity index is 1130. The van der Waals surface area contributed by atoms with E-state index < -0.39 is 18.2 Å². The van der Waals surface area contributed by atoms with Crippen molar-refractivity contribution >= 4 is 40.2 Å². The molecule has 4 fully saturated rings. The fourth-order valence-electron chi connectivity index (χ4n) is 8.33. The smallest absolute Gasteiger partial charge is 0.247 e. The number of para-hydroxylation sites is 1. The van der Waals surface area contributed by atoms with Crippen LogP contribution < -0.4 is 10.1 Å². The number of carbonyl (C=O) groups is 3. The molecular formula is C32H43IN2O6. The molecule has 1 aromatic carbocycles. The summed E-state index contributed by atoms with van der Waals surface area (Å²) in [5.74, 6) is 2.39. The van der Waals surface area contributed by atoms with Crippen LogP contribution in [0.15, 0.2) is 35.9 Å². The van der Waals surface area contributed by atoms with Crippen molar-refractivity contribution in [2.45, 2.75) is 89.4 Å². The van der Waals surface area contributed by atoms with Crippen molar-refractivity contribution < 1.29 is 29.3 Å². The lowest BCUT2D eigenvalue weighted by atomic mass is 9.49. The summed E-state index contributed by atoms with van der Waals surface area (Å²) in [6.45, 7) is 2.04. The SMILES string of the molecule is CC(=O)CCCC(=O)N(CC12CC3CC(CC(C3)C1)C2)[C@@H]1CC(C(=O)NCCO)=C[C@H](Oc2ccccc2I)[C@H]1O. The van der Waals surface area contributed by atoms with Gasteiger partial charge in [0.1, 0.15) is 23.7 Å². The first-order valence-corrected chi connectivity index (χ1v) is 16.2. The Morgan fingerprint density at radius 3 is 2.34 bits per heavy atom. The van der Waals surface area contributed by atoms with Crippen molar-refractivity contribution in [1.29, 1.82) is 0 Å². The average molecular weight is 679 g/mol. The van der Waals surface area contributed by atoms with Crippen LogP contribution in [0.2, 0.25) is 0 Å². The average Bonchev–Trinajstić information content (AvgIpc) is 2.92. The van der Waals surface area contributed by atoms with E-state index in [9.17, 15) is 24.6 Å². The van der Waals surface area contributed by atoms with Crippen LogP contribution in [0.25, 0.3) is 0 Å². The molecule has 3 N–H and O–H groups in total. The Kier molecular flexibility index (Phi) is 9.75. The van der Waals surface area contributed by atoms with Crippen LogP contribution in [0.5, 0.6) is 5.75 Å². The Labute approximate surface area is 256 Å². The van der Waals surface area contributed by atoms with Gasteiger partial charge in [-0.15, -0.1) is 0 Å². The second-order valence-corrected chi connectivity index (χ2v) is 14.1. The number of nitrogens with one attached hydrogen (secondary N) is 1. The van der Waals surface area contributed by atoms with Gasteiger partial charge < -0.3 is 30.0 Å². The molecule has 41 heavy (non-hydrogen) atoms. The topological polar surface area (TPSA) is 116 Å². The minimum absolute atomic E-state index is 0.0380. The summed E-state index contributed by atoms with van der Waals surface area (Å²) < 4.78 is 7.18. The lowest BCUT2D eigenvalue weighted by Gasteiger charge is -2.58. The summed E-state index contributed by atoms with van der Waals surface area (Å²) in [6.07, 6.45) is 8.26. The molecule has 5 aliphatic carbocycles. The minimum Gasteiger partial charge on any atom is -0.482 e. The van der Waals surface area contributed by atoms with Crippen LogP contribution in [0, 0.1) is 26.7 Å².